The van der Waals surface area contributed by atoms with Gasteiger partial charge in [-0.15, -0.1) is 0 Å². The second-order valence-electron chi connectivity index (χ2n) is 5.25. The molecule has 1 atom stereocenters. The second kappa shape index (κ2) is 4.61. The fraction of sp³-hybridized carbons (Fsp3) is 0.500. The first kappa shape index (κ1) is 11.5. The van der Waals surface area contributed by atoms with Crippen molar-refractivity contribution >= 4 is 11.2 Å². The maximum atomic E-state index is 4.56. The highest BCUT2D eigenvalue weighted by molar-refractivity contribution is 5.54. The van der Waals surface area contributed by atoms with Crippen molar-refractivity contribution in [1.82, 2.24) is 14.7 Å². The van der Waals surface area contributed by atoms with Crippen LogP contribution >= 0.6 is 0 Å². The van der Waals surface area contributed by atoms with Crippen molar-refractivity contribution in [2.24, 2.45) is 0 Å². The predicted molar refractivity (Wildman–Crippen MR) is 74.2 cm³/mol. The Balaban J connectivity index is 1.93. The summed E-state index contributed by atoms with van der Waals surface area (Å²) >= 11 is 0. The molecule has 0 radical (unpaired) electrons. The number of aromatic nitrogens is 2. The number of imidazole rings is 1. The van der Waals surface area contributed by atoms with Crippen molar-refractivity contribution < 1.29 is 0 Å². The quantitative estimate of drug-likeness (QED) is 0.892. The SMILES string of the molecule is CN(C)c1ccc2cnc(CC3CCCN3)n2c1. The standard InChI is InChI=1S/C14H20N4/c1-17(2)13-6-5-12-9-16-14(18(12)10-13)8-11-4-3-7-15-11/h5-6,9-11,15H,3-4,7-8H2,1-2H3. The summed E-state index contributed by atoms with van der Waals surface area (Å²) in [6, 6.07) is 4.86. The van der Waals surface area contributed by atoms with E-state index in [1.165, 1.54) is 24.0 Å². The van der Waals surface area contributed by atoms with Crippen LogP contribution in [-0.4, -0.2) is 36.1 Å². The van der Waals surface area contributed by atoms with E-state index >= 15 is 0 Å². The number of anilines is 1. The van der Waals surface area contributed by atoms with Crippen molar-refractivity contribution in [3.8, 4) is 0 Å². The summed E-state index contributed by atoms with van der Waals surface area (Å²) in [7, 11) is 4.13. The van der Waals surface area contributed by atoms with Crippen molar-refractivity contribution in [3.05, 3.63) is 30.4 Å². The Bertz CT molecular complexity index is 538. The van der Waals surface area contributed by atoms with Gasteiger partial charge in [0, 0.05) is 32.8 Å². The van der Waals surface area contributed by atoms with Gasteiger partial charge in [-0.3, -0.25) is 0 Å². The Labute approximate surface area is 108 Å². The molecule has 1 saturated heterocycles. The largest absolute Gasteiger partial charge is 0.376 e. The molecule has 96 valence electrons. The lowest BCUT2D eigenvalue weighted by molar-refractivity contribution is 0.584. The minimum atomic E-state index is 0.596. The number of fused-ring (bicyclic) bond motifs is 1. The maximum absolute atomic E-state index is 4.56. The van der Waals surface area contributed by atoms with Gasteiger partial charge >= 0.3 is 0 Å². The Morgan fingerprint density at radius 2 is 2.33 bits per heavy atom. The van der Waals surface area contributed by atoms with Crippen LogP contribution in [0, 0.1) is 0 Å². The third-order valence-electron chi connectivity index (χ3n) is 3.70. The molecule has 0 saturated carbocycles. The molecule has 0 amide bonds. The third-order valence-corrected chi connectivity index (χ3v) is 3.70. The lowest BCUT2D eigenvalue weighted by Gasteiger charge is -2.14. The van der Waals surface area contributed by atoms with E-state index in [0.29, 0.717) is 6.04 Å². The highest BCUT2D eigenvalue weighted by Crippen LogP contribution is 2.17. The van der Waals surface area contributed by atoms with Crippen molar-refractivity contribution in [1.29, 1.82) is 0 Å². The zero-order valence-corrected chi connectivity index (χ0v) is 11.1. The van der Waals surface area contributed by atoms with Crippen molar-refractivity contribution in [2.75, 3.05) is 25.5 Å². The smallest absolute Gasteiger partial charge is 0.114 e. The highest BCUT2D eigenvalue weighted by Gasteiger charge is 2.17. The number of nitrogens with zero attached hydrogens (tertiary/aromatic N) is 3. The van der Waals surface area contributed by atoms with Crippen LogP contribution in [0.2, 0.25) is 0 Å². The van der Waals surface area contributed by atoms with Gasteiger partial charge in [-0.1, -0.05) is 0 Å². The van der Waals surface area contributed by atoms with Gasteiger partial charge in [0.05, 0.1) is 17.4 Å². The van der Waals surface area contributed by atoms with Gasteiger partial charge < -0.3 is 14.6 Å². The summed E-state index contributed by atoms with van der Waals surface area (Å²) in [5.41, 5.74) is 2.38. The summed E-state index contributed by atoms with van der Waals surface area (Å²) < 4.78 is 2.22. The molecular weight excluding hydrogens is 224 g/mol. The molecule has 0 aromatic carbocycles. The summed E-state index contributed by atoms with van der Waals surface area (Å²) in [4.78, 5) is 6.69. The Morgan fingerprint density at radius 1 is 1.44 bits per heavy atom. The van der Waals surface area contributed by atoms with Crippen LogP contribution in [0.3, 0.4) is 0 Å². The second-order valence-corrected chi connectivity index (χ2v) is 5.25. The molecule has 4 heteroatoms. The van der Waals surface area contributed by atoms with Crippen LogP contribution in [0.1, 0.15) is 18.7 Å². The molecule has 4 nitrogen and oxygen atoms in total. The number of nitrogens with one attached hydrogen (secondary N) is 1. The topological polar surface area (TPSA) is 32.6 Å². The van der Waals surface area contributed by atoms with Crippen molar-refractivity contribution in [3.63, 3.8) is 0 Å². The number of hydrogen-bond donors (Lipinski definition) is 1. The van der Waals surface area contributed by atoms with E-state index in [1.807, 2.05) is 6.20 Å². The first-order valence-corrected chi connectivity index (χ1v) is 6.61. The first-order chi connectivity index (χ1) is 8.74. The third kappa shape index (κ3) is 2.08. The predicted octanol–water partition coefficient (Wildman–Crippen LogP) is 1.69. The molecular formula is C14H20N4. The van der Waals surface area contributed by atoms with E-state index in [0.717, 1.165) is 18.8 Å². The highest BCUT2D eigenvalue weighted by atomic mass is 15.1. The summed E-state index contributed by atoms with van der Waals surface area (Å²) in [6.07, 6.45) is 7.71. The molecule has 0 aliphatic carbocycles. The van der Waals surface area contributed by atoms with E-state index < -0.39 is 0 Å². The number of pyridine rings is 1. The molecule has 2 aromatic rings. The van der Waals surface area contributed by atoms with Gasteiger partial charge in [0.1, 0.15) is 5.82 Å². The van der Waals surface area contributed by atoms with Gasteiger partial charge in [0.2, 0.25) is 0 Å². The molecule has 1 aliphatic heterocycles. The molecule has 0 spiro atoms. The van der Waals surface area contributed by atoms with E-state index in [-0.39, 0.29) is 0 Å². The lowest BCUT2D eigenvalue weighted by Crippen LogP contribution is -2.24. The summed E-state index contributed by atoms with van der Waals surface area (Å²) in [6.45, 7) is 1.15. The fourth-order valence-corrected chi connectivity index (χ4v) is 2.60. The zero-order valence-electron chi connectivity index (χ0n) is 11.1. The molecule has 18 heavy (non-hydrogen) atoms. The van der Waals surface area contributed by atoms with Crippen LogP contribution < -0.4 is 10.2 Å². The number of rotatable bonds is 3. The average molecular weight is 244 g/mol. The van der Waals surface area contributed by atoms with E-state index in [1.54, 1.807) is 0 Å². The Morgan fingerprint density at radius 3 is 3.06 bits per heavy atom. The van der Waals surface area contributed by atoms with E-state index in [9.17, 15) is 0 Å². The van der Waals surface area contributed by atoms with Gasteiger partial charge in [0.15, 0.2) is 0 Å². The molecule has 1 aliphatic rings. The molecule has 1 unspecified atom stereocenters. The fourth-order valence-electron chi connectivity index (χ4n) is 2.60. The summed E-state index contributed by atoms with van der Waals surface area (Å²) in [5.74, 6) is 1.16. The normalized spacial score (nSPS) is 19.6. The monoisotopic (exact) mass is 244 g/mol. The van der Waals surface area contributed by atoms with Gasteiger partial charge in [-0.25, -0.2) is 4.98 Å². The molecule has 2 aromatic heterocycles. The van der Waals surface area contributed by atoms with Crippen LogP contribution in [0.25, 0.3) is 5.52 Å². The molecule has 3 rings (SSSR count). The van der Waals surface area contributed by atoms with Crippen LogP contribution in [0.15, 0.2) is 24.5 Å². The first-order valence-electron chi connectivity index (χ1n) is 6.61. The summed E-state index contributed by atoms with van der Waals surface area (Å²) in [5, 5.41) is 3.53. The Kier molecular flexibility index (Phi) is 2.96. The van der Waals surface area contributed by atoms with Gasteiger partial charge in [0.25, 0.3) is 0 Å². The maximum Gasteiger partial charge on any atom is 0.114 e. The molecule has 0 bridgehead atoms. The number of hydrogen-bond acceptors (Lipinski definition) is 3. The van der Waals surface area contributed by atoms with Crippen LogP contribution in [0.4, 0.5) is 5.69 Å². The zero-order chi connectivity index (χ0) is 12.5. The molecule has 1 N–H and O–H groups in total. The average Bonchev–Trinajstić information content (AvgIpc) is 2.99. The lowest BCUT2D eigenvalue weighted by atomic mass is 10.1. The van der Waals surface area contributed by atoms with E-state index in [2.05, 4.69) is 52.0 Å². The van der Waals surface area contributed by atoms with E-state index in [4.69, 9.17) is 0 Å². The van der Waals surface area contributed by atoms with Crippen LogP contribution in [-0.2, 0) is 6.42 Å². The van der Waals surface area contributed by atoms with Gasteiger partial charge in [-0.2, -0.15) is 0 Å². The minimum absolute atomic E-state index is 0.596. The van der Waals surface area contributed by atoms with Crippen molar-refractivity contribution in [2.45, 2.75) is 25.3 Å². The minimum Gasteiger partial charge on any atom is -0.376 e. The molecule has 1 fully saturated rings. The van der Waals surface area contributed by atoms with Gasteiger partial charge in [-0.05, 0) is 31.5 Å². The molecule has 3 heterocycles. The Hall–Kier alpha value is -1.55. The van der Waals surface area contributed by atoms with Crippen LogP contribution in [0.5, 0.6) is 0 Å².